The molecule has 2 N–H and O–H groups in total. The summed E-state index contributed by atoms with van der Waals surface area (Å²) in [6, 6.07) is 14.0. The number of nitrogens with one attached hydrogen (secondary N) is 2. The van der Waals surface area contributed by atoms with Crippen LogP contribution in [0, 0.1) is 6.92 Å². The predicted octanol–water partition coefficient (Wildman–Crippen LogP) is 4.60. The van der Waals surface area contributed by atoms with Gasteiger partial charge in [0.15, 0.2) is 0 Å². The van der Waals surface area contributed by atoms with Crippen molar-refractivity contribution in [2.75, 3.05) is 56.9 Å². The van der Waals surface area contributed by atoms with Gasteiger partial charge in [-0.15, -0.1) is 0 Å². The number of hydrogen-bond donors (Lipinski definition) is 2. The molecule has 0 spiro atoms. The molecule has 0 saturated heterocycles. The number of aryl methyl sites for hydroxylation is 1. The minimum absolute atomic E-state index is 0.300. The first-order valence-electron chi connectivity index (χ1n) is 12.0. The highest BCUT2D eigenvalue weighted by Gasteiger charge is 2.17. The maximum absolute atomic E-state index is 12.2. The average Bonchev–Trinajstić information content (AvgIpc) is 3.30. The predicted molar refractivity (Wildman–Crippen MR) is 151 cm³/mol. The Balaban J connectivity index is 1.70. The van der Waals surface area contributed by atoms with E-state index in [0.717, 1.165) is 35.5 Å². The first kappa shape index (κ1) is 25.7. The van der Waals surface area contributed by atoms with E-state index in [9.17, 15) is 4.79 Å². The van der Waals surface area contributed by atoms with E-state index in [4.69, 9.17) is 9.72 Å². The maximum atomic E-state index is 12.2. The van der Waals surface area contributed by atoms with E-state index >= 15 is 0 Å². The van der Waals surface area contributed by atoms with Crippen LogP contribution < -0.4 is 20.3 Å². The molecular weight excluding hydrogens is 466 g/mol. The van der Waals surface area contributed by atoms with E-state index in [-0.39, 0.29) is 5.91 Å². The zero-order valence-corrected chi connectivity index (χ0v) is 21.9. The van der Waals surface area contributed by atoms with Gasteiger partial charge >= 0.3 is 0 Å². The molecule has 9 heteroatoms. The van der Waals surface area contributed by atoms with Gasteiger partial charge in [0, 0.05) is 44.0 Å². The van der Waals surface area contributed by atoms with E-state index in [0.29, 0.717) is 23.1 Å². The number of fused-ring (bicyclic) bond motifs is 1. The molecule has 0 atom stereocenters. The van der Waals surface area contributed by atoms with E-state index in [1.807, 2.05) is 50.1 Å². The summed E-state index contributed by atoms with van der Waals surface area (Å²) in [4.78, 5) is 25.6. The number of anilines is 4. The second-order valence-electron chi connectivity index (χ2n) is 9.10. The topological polar surface area (TPSA) is 87.5 Å². The van der Waals surface area contributed by atoms with Gasteiger partial charge in [-0.2, -0.15) is 4.98 Å². The second-order valence-corrected chi connectivity index (χ2v) is 9.10. The fourth-order valence-corrected chi connectivity index (χ4v) is 4.01. The number of nitrogens with zero attached hydrogens (tertiary/aromatic N) is 5. The molecule has 9 nitrogen and oxygen atoms in total. The Bertz CT molecular complexity index is 1430. The third-order valence-electron chi connectivity index (χ3n) is 6.04. The van der Waals surface area contributed by atoms with Crippen LogP contribution in [0.1, 0.15) is 5.56 Å². The number of rotatable bonds is 10. The number of hydrogen-bond acceptors (Lipinski definition) is 7. The van der Waals surface area contributed by atoms with Crippen molar-refractivity contribution < 1.29 is 9.53 Å². The van der Waals surface area contributed by atoms with Crippen LogP contribution in [0.2, 0.25) is 0 Å². The molecule has 0 unspecified atom stereocenters. The summed E-state index contributed by atoms with van der Waals surface area (Å²) in [6.45, 7) is 7.26. The molecule has 4 aromatic rings. The third-order valence-corrected chi connectivity index (χ3v) is 6.04. The van der Waals surface area contributed by atoms with Crippen LogP contribution in [0.25, 0.3) is 16.7 Å². The molecule has 0 saturated carbocycles. The number of carbonyl (C=O) groups is 1. The quantitative estimate of drug-likeness (QED) is 0.308. The van der Waals surface area contributed by atoms with Crippen LogP contribution >= 0.6 is 0 Å². The fraction of sp³-hybridized carbons (Fsp3) is 0.250. The molecule has 2 heterocycles. The zero-order chi connectivity index (χ0) is 26.5. The van der Waals surface area contributed by atoms with Gasteiger partial charge < -0.3 is 29.7 Å². The molecule has 0 radical (unpaired) electrons. The second kappa shape index (κ2) is 11.1. The highest BCUT2D eigenvalue weighted by Crippen LogP contribution is 2.38. The number of amides is 1. The molecule has 1 amide bonds. The molecule has 2 aromatic carbocycles. The Morgan fingerprint density at radius 2 is 1.92 bits per heavy atom. The lowest BCUT2D eigenvalue weighted by molar-refractivity contribution is -0.111. The molecule has 0 fully saturated rings. The van der Waals surface area contributed by atoms with Crippen LogP contribution in [0.15, 0.2) is 67.5 Å². The van der Waals surface area contributed by atoms with Gasteiger partial charge in [0.05, 0.1) is 29.7 Å². The molecule has 192 valence electrons. The molecule has 0 aliphatic rings. The lowest BCUT2D eigenvalue weighted by Gasteiger charge is -2.26. The van der Waals surface area contributed by atoms with Crippen LogP contribution in [0.4, 0.5) is 23.0 Å². The number of benzene rings is 2. The lowest BCUT2D eigenvalue weighted by atomic mass is 10.2. The Morgan fingerprint density at radius 1 is 1.11 bits per heavy atom. The number of ether oxygens (including phenoxy) is 1. The Morgan fingerprint density at radius 3 is 2.65 bits per heavy atom. The summed E-state index contributed by atoms with van der Waals surface area (Å²) >= 11 is 0. The largest absolute Gasteiger partial charge is 0.494 e. The maximum Gasteiger partial charge on any atom is 0.247 e. The number of aromatic nitrogens is 3. The minimum atomic E-state index is -0.300. The number of methoxy groups -OCH3 is 1. The first-order valence-corrected chi connectivity index (χ1v) is 12.0. The highest BCUT2D eigenvalue weighted by atomic mass is 16.5. The van der Waals surface area contributed by atoms with Crippen molar-refractivity contribution in [2.45, 2.75) is 6.92 Å². The van der Waals surface area contributed by atoms with Crippen molar-refractivity contribution in [2.24, 2.45) is 0 Å². The third kappa shape index (κ3) is 5.90. The van der Waals surface area contributed by atoms with Gasteiger partial charge in [-0.1, -0.05) is 18.7 Å². The summed E-state index contributed by atoms with van der Waals surface area (Å²) < 4.78 is 7.73. The summed E-state index contributed by atoms with van der Waals surface area (Å²) in [5, 5.41) is 7.32. The van der Waals surface area contributed by atoms with Gasteiger partial charge in [-0.3, -0.25) is 4.79 Å². The molecule has 2 aromatic heterocycles. The summed E-state index contributed by atoms with van der Waals surface area (Å²) in [5.41, 5.74) is 4.31. The van der Waals surface area contributed by atoms with Crippen LogP contribution in [0.5, 0.6) is 5.75 Å². The molecule has 0 bridgehead atoms. The zero-order valence-electron chi connectivity index (χ0n) is 21.9. The van der Waals surface area contributed by atoms with Crippen LogP contribution in [-0.4, -0.2) is 66.7 Å². The summed E-state index contributed by atoms with van der Waals surface area (Å²) in [6.07, 6.45) is 4.96. The Hall–Kier alpha value is -4.37. The van der Waals surface area contributed by atoms with Crippen molar-refractivity contribution in [3.63, 3.8) is 0 Å². The van der Waals surface area contributed by atoms with E-state index < -0.39 is 0 Å². The highest BCUT2D eigenvalue weighted by molar-refractivity contribution is 6.02. The smallest absolute Gasteiger partial charge is 0.247 e. The first-order chi connectivity index (χ1) is 17.8. The van der Waals surface area contributed by atoms with Crippen molar-refractivity contribution in [1.29, 1.82) is 0 Å². The van der Waals surface area contributed by atoms with Gasteiger partial charge in [-0.25, -0.2) is 4.98 Å². The minimum Gasteiger partial charge on any atom is -0.494 e. The Labute approximate surface area is 217 Å². The van der Waals surface area contributed by atoms with Crippen molar-refractivity contribution in [3.8, 4) is 11.6 Å². The van der Waals surface area contributed by atoms with Gasteiger partial charge in [0.25, 0.3) is 0 Å². The van der Waals surface area contributed by atoms with Gasteiger partial charge in [0.2, 0.25) is 11.9 Å². The Kier molecular flexibility index (Phi) is 7.74. The van der Waals surface area contributed by atoms with Crippen molar-refractivity contribution in [3.05, 3.63) is 73.1 Å². The van der Waals surface area contributed by atoms with Crippen LogP contribution in [0.3, 0.4) is 0 Å². The number of likely N-dealkylation sites (N-methyl/N-ethyl adjacent to an activating group) is 2. The normalized spacial score (nSPS) is 11.0. The monoisotopic (exact) mass is 499 g/mol. The summed E-state index contributed by atoms with van der Waals surface area (Å²) in [7, 11) is 7.63. The van der Waals surface area contributed by atoms with E-state index in [1.165, 1.54) is 11.6 Å². The standard InChI is InChI=1S/C28H33N7O2/c1-7-27(36)30-21-17-22(25(37-6)18-24(21)34(5)15-14-33(3)4)31-28-29-12-10-26(32-28)35-13-11-20-9-8-19(2)16-23(20)35/h7-13,16-18H,1,14-15H2,2-6H3,(H,30,36)(H,29,31,32). The lowest BCUT2D eigenvalue weighted by Crippen LogP contribution is -2.29. The molecule has 4 rings (SSSR count). The van der Waals surface area contributed by atoms with Gasteiger partial charge in [0.1, 0.15) is 11.6 Å². The van der Waals surface area contributed by atoms with Crippen molar-refractivity contribution in [1.82, 2.24) is 19.4 Å². The fourth-order valence-electron chi connectivity index (χ4n) is 4.01. The summed E-state index contributed by atoms with van der Waals surface area (Å²) in [5.74, 6) is 1.43. The van der Waals surface area contributed by atoms with Gasteiger partial charge in [-0.05, 0) is 56.9 Å². The molecule has 0 aliphatic carbocycles. The molecule has 0 aliphatic heterocycles. The number of carbonyl (C=O) groups excluding carboxylic acids is 1. The molecule has 37 heavy (non-hydrogen) atoms. The van der Waals surface area contributed by atoms with E-state index in [1.54, 1.807) is 13.3 Å². The SMILES string of the molecule is C=CC(=O)Nc1cc(Nc2nccc(-n3ccc4ccc(C)cc43)n2)c(OC)cc1N(C)CCN(C)C. The van der Waals surface area contributed by atoms with E-state index in [2.05, 4.69) is 63.2 Å². The average molecular weight is 500 g/mol. The van der Waals surface area contributed by atoms with Crippen molar-refractivity contribution >= 4 is 39.8 Å². The van der Waals surface area contributed by atoms with Crippen LogP contribution in [-0.2, 0) is 4.79 Å². The molecular formula is C28H33N7O2.